The van der Waals surface area contributed by atoms with E-state index in [0.29, 0.717) is 23.7 Å². The molecule has 3 aromatic rings. The molecule has 0 aromatic heterocycles. The monoisotopic (exact) mass is 427 g/mol. The fourth-order valence-corrected chi connectivity index (χ4v) is 4.91. The number of amides is 2. The molecule has 2 amide bonds. The van der Waals surface area contributed by atoms with Gasteiger partial charge in [0.15, 0.2) is 0 Å². The molecule has 0 saturated carbocycles. The third-order valence-corrected chi connectivity index (χ3v) is 6.68. The quantitative estimate of drug-likeness (QED) is 0.584. The van der Waals surface area contributed by atoms with Crippen LogP contribution in [0.5, 0.6) is 0 Å². The van der Waals surface area contributed by atoms with E-state index in [-0.39, 0.29) is 11.8 Å². The molecule has 3 aromatic carbocycles. The third-order valence-electron chi connectivity index (χ3n) is 6.68. The van der Waals surface area contributed by atoms with Gasteiger partial charge in [0.25, 0.3) is 11.8 Å². The topological polar surface area (TPSA) is 52.7 Å². The van der Waals surface area contributed by atoms with Gasteiger partial charge in [0.05, 0.1) is 11.1 Å². The van der Waals surface area contributed by atoms with E-state index in [1.54, 1.807) is 12.1 Å². The van der Waals surface area contributed by atoms with Crippen LogP contribution in [0.4, 0.5) is 0 Å². The fraction of sp³-hybridized carbons (Fsp3) is 0.333. The predicted molar refractivity (Wildman–Crippen MR) is 127 cm³/mol. The molecule has 1 saturated heterocycles. The Hall–Kier alpha value is -3.02. The summed E-state index contributed by atoms with van der Waals surface area (Å²) in [6, 6.07) is 22.8. The van der Waals surface area contributed by atoms with E-state index in [4.69, 9.17) is 0 Å². The lowest BCUT2D eigenvalue weighted by atomic mass is 10.0. The SMILES string of the molecule is O=C1c2ccccc2C(=O)N1CCCC1CN(CCc2ccc3ccccc3c2)CCN1. The Balaban J connectivity index is 1.10. The van der Waals surface area contributed by atoms with Crippen LogP contribution in [-0.2, 0) is 6.42 Å². The molecule has 0 bridgehead atoms. The van der Waals surface area contributed by atoms with E-state index >= 15 is 0 Å². The van der Waals surface area contributed by atoms with Crippen molar-refractivity contribution in [3.05, 3.63) is 83.4 Å². The van der Waals surface area contributed by atoms with Crippen LogP contribution >= 0.6 is 0 Å². The van der Waals surface area contributed by atoms with Crippen molar-refractivity contribution in [1.82, 2.24) is 15.1 Å². The first-order chi connectivity index (χ1) is 15.7. The number of carbonyl (C=O) groups excluding carboxylic acids is 2. The second kappa shape index (κ2) is 9.23. The Bertz CT molecular complexity index is 1110. The van der Waals surface area contributed by atoms with Gasteiger partial charge < -0.3 is 10.2 Å². The summed E-state index contributed by atoms with van der Waals surface area (Å²) in [6.07, 6.45) is 2.83. The molecule has 1 unspecified atom stereocenters. The van der Waals surface area contributed by atoms with Crippen LogP contribution in [0.2, 0.25) is 0 Å². The van der Waals surface area contributed by atoms with Gasteiger partial charge in [-0.1, -0.05) is 54.6 Å². The molecular weight excluding hydrogens is 398 g/mol. The van der Waals surface area contributed by atoms with Gasteiger partial charge in [0.1, 0.15) is 0 Å². The number of rotatable bonds is 7. The lowest BCUT2D eigenvalue weighted by Crippen LogP contribution is -2.51. The number of hydrogen-bond donors (Lipinski definition) is 1. The van der Waals surface area contributed by atoms with Crippen LogP contribution in [0.3, 0.4) is 0 Å². The molecule has 2 aliphatic heterocycles. The number of imide groups is 1. The number of benzene rings is 3. The van der Waals surface area contributed by atoms with Gasteiger partial charge in [0.2, 0.25) is 0 Å². The molecule has 1 N–H and O–H groups in total. The van der Waals surface area contributed by atoms with Gasteiger partial charge in [-0.15, -0.1) is 0 Å². The van der Waals surface area contributed by atoms with Crippen LogP contribution < -0.4 is 5.32 Å². The molecular formula is C27H29N3O2. The van der Waals surface area contributed by atoms with Crippen molar-refractivity contribution in [3.63, 3.8) is 0 Å². The normalized spacial score (nSPS) is 19.0. The molecule has 1 atom stereocenters. The van der Waals surface area contributed by atoms with Gasteiger partial charge in [-0.3, -0.25) is 14.5 Å². The first-order valence-corrected chi connectivity index (χ1v) is 11.6. The molecule has 1 fully saturated rings. The van der Waals surface area contributed by atoms with Gasteiger partial charge >= 0.3 is 0 Å². The highest BCUT2D eigenvalue weighted by Crippen LogP contribution is 2.23. The average Bonchev–Trinajstić information content (AvgIpc) is 3.08. The minimum absolute atomic E-state index is 0.154. The molecule has 0 aliphatic carbocycles. The van der Waals surface area contributed by atoms with Gasteiger partial charge in [-0.05, 0) is 47.7 Å². The molecule has 32 heavy (non-hydrogen) atoms. The van der Waals surface area contributed by atoms with Crippen molar-refractivity contribution in [3.8, 4) is 0 Å². The number of fused-ring (bicyclic) bond motifs is 2. The van der Waals surface area contributed by atoms with Crippen molar-refractivity contribution in [2.45, 2.75) is 25.3 Å². The predicted octanol–water partition coefficient (Wildman–Crippen LogP) is 3.73. The molecule has 5 nitrogen and oxygen atoms in total. The van der Waals surface area contributed by atoms with E-state index in [2.05, 4.69) is 52.7 Å². The fourth-order valence-electron chi connectivity index (χ4n) is 4.91. The number of nitrogens with one attached hydrogen (secondary N) is 1. The zero-order valence-corrected chi connectivity index (χ0v) is 18.3. The summed E-state index contributed by atoms with van der Waals surface area (Å²) in [4.78, 5) is 29.0. The van der Waals surface area contributed by atoms with Crippen LogP contribution in [0.15, 0.2) is 66.7 Å². The van der Waals surface area contributed by atoms with E-state index in [1.165, 1.54) is 21.2 Å². The van der Waals surface area contributed by atoms with Gasteiger partial charge in [-0.25, -0.2) is 0 Å². The molecule has 0 radical (unpaired) electrons. The summed E-state index contributed by atoms with van der Waals surface area (Å²) >= 11 is 0. The largest absolute Gasteiger partial charge is 0.311 e. The highest BCUT2D eigenvalue weighted by atomic mass is 16.2. The molecule has 2 heterocycles. The highest BCUT2D eigenvalue weighted by Gasteiger charge is 2.34. The van der Waals surface area contributed by atoms with Crippen molar-refractivity contribution in [2.24, 2.45) is 0 Å². The summed E-state index contributed by atoms with van der Waals surface area (Å²) in [6.45, 7) is 4.59. The molecule has 164 valence electrons. The van der Waals surface area contributed by atoms with Crippen LogP contribution in [0.25, 0.3) is 10.8 Å². The average molecular weight is 428 g/mol. The Labute approximate surface area is 189 Å². The van der Waals surface area contributed by atoms with Crippen molar-refractivity contribution in [2.75, 3.05) is 32.7 Å². The van der Waals surface area contributed by atoms with E-state index < -0.39 is 0 Å². The summed E-state index contributed by atoms with van der Waals surface area (Å²) in [7, 11) is 0. The van der Waals surface area contributed by atoms with E-state index in [0.717, 1.165) is 45.4 Å². The molecule has 5 heteroatoms. The molecule has 5 rings (SSSR count). The van der Waals surface area contributed by atoms with E-state index in [9.17, 15) is 9.59 Å². The zero-order chi connectivity index (χ0) is 21.9. The van der Waals surface area contributed by atoms with Crippen LogP contribution in [0, 0.1) is 0 Å². The lowest BCUT2D eigenvalue weighted by Gasteiger charge is -2.34. The Morgan fingerprint density at radius 3 is 2.34 bits per heavy atom. The summed E-state index contributed by atoms with van der Waals surface area (Å²) < 4.78 is 0. The maximum atomic E-state index is 12.5. The summed E-state index contributed by atoms with van der Waals surface area (Å²) in [5, 5.41) is 6.20. The lowest BCUT2D eigenvalue weighted by molar-refractivity contribution is 0.0648. The second-order valence-corrected chi connectivity index (χ2v) is 8.83. The van der Waals surface area contributed by atoms with Crippen LogP contribution in [0.1, 0.15) is 39.1 Å². The maximum Gasteiger partial charge on any atom is 0.261 e. The third kappa shape index (κ3) is 4.31. The van der Waals surface area contributed by atoms with Crippen molar-refractivity contribution >= 4 is 22.6 Å². The first kappa shape index (κ1) is 20.9. The minimum Gasteiger partial charge on any atom is -0.311 e. The summed E-state index contributed by atoms with van der Waals surface area (Å²) in [5.74, 6) is -0.307. The molecule has 2 aliphatic rings. The van der Waals surface area contributed by atoms with Gasteiger partial charge in [-0.2, -0.15) is 0 Å². The number of carbonyl (C=O) groups is 2. The van der Waals surface area contributed by atoms with Crippen molar-refractivity contribution < 1.29 is 9.59 Å². The van der Waals surface area contributed by atoms with E-state index in [1.807, 2.05) is 12.1 Å². The standard InChI is InChI=1S/C27H29N3O2/c31-26-24-9-3-4-10-25(24)27(32)30(26)15-5-8-23-19-29(17-14-28-23)16-13-20-11-12-21-6-1-2-7-22(21)18-20/h1-4,6-7,9-12,18,23,28H,5,8,13-17,19H2. The highest BCUT2D eigenvalue weighted by molar-refractivity contribution is 6.21. The minimum atomic E-state index is -0.154. The summed E-state index contributed by atoms with van der Waals surface area (Å²) in [5.41, 5.74) is 2.45. The smallest absolute Gasteiger partial charge is 0.261 e. The number of piperazine rings is 1. The van der Waals surface area contributed by atoms with Gasteiger partial charge in [0, 0.05) is 38.8 Å². The van der Waals surface area contributed by atoms with Crippen molar-refractivity contribution in [1.29, 1.82) is 0 Å². The Morgan fingerprint density at radius 2 is 1.56 bits per heavy atom. The maximum absolute atomic E-state index is 12.5. The Kier molecular flexibility index (Phi) is 6.02. The second-order valence-electron chi connectivity index (χ2n) is 8.83. The number of hydrogen-bond acceptors (Lipinski definition) is 4. The first-order valence-electron chi connectivity index (χ1n) is 11.6. The Morgan fingerprint density at radius 1 is 0.844 bits per heavy atom. The molecule has 0 spiro atoms. The van der Waals surface area contributed by atoms with Crippen LogP contribution in [-0.4, -0.2) is 60.4 Å². The zero-order valence-electron chi connectivity index (χ0n) is 18.3. The number of nitrogens with zero attached hydrogens (tertiary/aromatic N) is 2.